The zero-order chi connectivity index (χ0) is 17.3. The van der Waals surface area contributed by atoms with Gasteiger partial charge in [0.1, 0.15) is 0 Å². The number of aliphatic carboxylic acids is 1. The Morgan fingerprint density at radius 3 is 2.09 bits per heavy atom. The van der Waals surface area contributed by atoms with E-state index >= 15 is 0 Å². The highest BCUT2D eigenvalue weighted by Gasteiger charge is 2.32. The van der Waals surface area contributed by atoms with Gasteiger partial charge in [0.15, 0.2) is 0 Å². The molecule has 0 bridgehead atoms. The summed E-state index contributed by atoms with van der Waals surface area (Å²) in [6.45, 7) is 10.7. The predicted octanol–water partition coefficient (Wildman–Crippen LogP) is 2.03. The zero-order valence-electron chi connectivity index (χ0n) is 14.4. The van der Waals surface area contributed by atoms with Crippen LogP contribution in [0.2, 0.25) is 0 Å². The molecule has 0 rings (SSSR count). The van der Waals surface area contributed by atoms with E-state index in [4.69, 9.17) is 5.11 Å². The predicted molar refractivity (Wildman–Crippen MR) is 85.4 cm³/mol. The summed E-state index contributed by atoms with van der Waals surface area (Å²) in [7, 11) is 0. The van der Waals surface area contributed by atoms with E-state index in [1.165, 1.54) is 0 Å². The van der Waals surface area contributed by atoms with Crippen molar-refractivity contribution in [2.24, 2.45) is 5.92 Å². The van der Waals surface area contributed by atoms with Crippen LogP contribution in [0.3, 0.4) is 0 Å². The average molecular weight is 314 g/mol. The maximum atomic E-state index is 12.0. The Balaban J connectivity index is 4.37. The maximum absolute atomic E-state index is 12.0. The molecule has 6 heteroatoms. The molecule has 0 saturated carbocycles. The first-order chi connectivity index (χ1) is 10.2. The van der Waals surface area contributed by atoms with Crippen molar-refractivity contribution in [1.82, 2.24) is 10.2 Å². The molecule has 0 radical (unpaired) electrons. The van der Waals surface area contributed by atoms with Gasteiger partial charge in [-0.3, -0.25) is 14.4 Å². The molecule has 1 atom stereocenters. The zero-order valence-corrected chi connectivity index (χ0v) is 14.4. The highest BCUT2D eigenvalue weighted by Crippen LogP contribution is 2.21. The third-order valence-electron chi connectivity index (χ3n) is 4.13. The highest BCUT2D eigenvalue weighted by molar-refractivity contribution is 5.80. The molecule has 2 N–H and O–H groups in total. The van der Waals surface area contributed by atoms with E-state index < -0.39 is 11.5 Å². The van der Waals surface area contributed by atoms with Crippen molar-refractivity contribution >= 4 is 17.8 Å². The van der Waals surface area contributed by atoms with Gasteiger partial charge in [0.25, 0.3) is 0 Å². The van der Waals surface area contributed by atoms with Crippen molar-refractivity contribution in [3.8, 4) is 0 Å². The maximum Gasteiger partial charge on any atom is 0.305 e. The van der Waals surface area contributed by atoms with Crippen LogP contribution in [0, 0.1) is 5.92 Å². The highest BCUT2D eigenvalue weighted by atomic mass is 16.4. The van der Waals surface area contributed by atoms with Crippen molar-refractivity contribution in [3.63, 3.8) is 0 Å². The number of nitrogens with one attached hydrogen (secondary N) is 1. The number of rotatable bonds is 10. The van der Waals surface area contributed by atoms with Crippen LogP contribution in [0.4, 0.5) is 0 Å². The molecule has 0 fully saturated rings. The summed E-state index contributed by atoms with van der Waals surface area (Å²) < 4.78 is 0. The number of hydrogen-bond acceptors (Lipinski definition) is 3. The largest absolute Gasteiger partial charge is 0.481 e. The first kappa shape index (κ1) is 20.4. The van der Waals surface area contributed by atoms with Gasteiger partial charge in [-0.2, -0.15) is 0 Å². The number of amides is 2. The van der Waals surface area contributed by atoms with E-state index in [9.17, 15) is 14.4 Å². The van der Waals surface area contributed by atoms with Gasteiger partial charge in [-0.15, -0.1) is 0 Å². The molecule has 6 nitrogen and oxygen atoms in total. The molecule has 0 saturated heterocycles. The van der Waals surface area contributed by atoms with Gasteiger partial charge >= 0.3 is 5.97 Å². The number of nitrogens with zero attached hydrogens (tertiary/aromatic N) is 1. The van der Waals surface area contributed by atoms with Crippen molar-refractivity contribution in [3.05, 3.63) is 0 Å². The van der Waals surface area contributed by atoms with Crippen LogP contribution in [0.15, 0.2) is 0 Å². The summed E-state index contributed by atoms with van der Waals surface area (Å²) in [5.41, 5.74) is -0.772. The molecule has 0 aromatic carbocycles. The summed E-state index contributed by atoms with van der Waals surface area (Å²) in [5, 5.41) is 11.8. The fourth-order valence-corrected chi connectivity index (χ4v) is 2.22. The lowest BCUT2D eigenvalue weighted by molar-refractivity contribution is -0.139. The van der Waals surface area contributed by atoms with Crippen LogP contribution in [0.25, 0.3) is 0 Å². The number of carboxylic acid groups (broad SMARTS) is 1. The van der Waals surface area contributed by atoms with Crippen LogP contribution in [-0.4, -0.2) is 46.4 Å². The van der Waals surface area contributed by atoms with E-state index in [1.54, 1.807) is 11.8 Å². The molecule has 0 aromatic rings. The molecule has 0 aliphatic heterocycles. The summed E-state index contributed by atoms with van der Waals surface area (Å²) in [4.78, 5) is 36.5. The fraction of sp³-hybridized carbons (Fsp3) is 0.812. The molecule has 0 aromatic heterocycles. The second-order valence-electron chi connectivity index (χ2n) is 6.11. The Bertz CT molecular complexity index is 392. The molecule has 2 amide bonds. The normalized spacial score (nSPS) is 13.5. The second-order valence-corrected chi connectivity index (χ2v) is 6.11. The number of carboxylic acids is 1. The summed E-state index contributed by atoms with van der Waals surface area (Å²) in [5.74, 6) is -1.09. The summed E-state index contributed by atoms with van der Waals surface area (Å²) in [6.07, 6.45) is 0.929. The summed E-state index contributed by atoms with van der Waals surface area (Å²) >= 11 is 0. The molecule has 1 unspecified atom stereocenters. The van der Waals surface area contributed by atoms with Gasteiger partial charge < -0.3 is 15.3 Å². The van der Waals surface area contributed by atoms with Crippen molar-refractivity contribution in [1.29, 1.82) is 0 Å². The molecule has 0 aliphatic rings. The molecular weight excluding hydrogens is 284 g/mol. The fourth-order valence-electron chi connectivity index (χ4n) is 2.22. The Labute approximate surface area is 133 Å². The van der Waals surface area contributed by atoms with Gasteiger partial charge in [0.2, 0.25) is 11.8 Å². The van der Waals surface area contributed by atoms with Crippen LogP contribution < -0.4 is 5.32 Å². The first-order valence-electron chi connectivity index (χ1n) is 7.96. The van der Waals surface area contributed by atoms with E-state index in [2.05, 4.69) is 5.32 Å². The van der Waals surface area contributed by atoms with Crippen molar-refractivity contribution < 1.29 is 19.5 Å². The summed E-state index contributed by atoms with van der Waals surface area (Å²) in [6, 6.07) is 0. The van der Waals surface area contributed by atoms with Crippen LogP contribution in [-0.2, 0) is 14.4 Å². The van der Waals surface area contributed by atoms with Gasteiger partial charge in [-0.1, -0.05) is 13.8 Å². The van der Waals surface area contributed by atoms with Gasteiger partial charge in [0, 0.05) is 31.5 Å². The van der Waals surface area contributed by atoms with Gasteiger partial charge in [0.05, 0.1) is 6.42 Å². The number of carbonyl (C=O) groups is 3. The van der Waals surface area contributed by atoms with Gasteiger partial charge in [-0.05, 0) is 33.1 Å². The minimum Gasteiger partial charge on any atom is -0.481 e. The topological polar surface area (TPSA) is 86.7 Å². The smallest absolute Gasteiger partial charge is 0.305 e. The minimum atomic E-state index is -0.937. The lowest BCUT2D eigenvalue weighted by Crippen LogP contribution is -2.51. The third kappa shape index (κ3) is 6.91. The second kappa shape index (κ2) is 9.43. The lowest BCUT2D eigenvalue weighted by Gasteiger charge is -2.33. The van der Waals surface area contributed by atoms with Crippen LogP contribution >= 0.6 is 0 Å². The first-order valence-corrected chi connectivity index (χ1v) is 7.96. The molecule has 22 heavy (non-hydrogen) atoms. The number of hydrogen-bond donors (Lipinski definition) is 2. The molecule has 0 spiro atoms. The molecular formula is C16H30N2O4. The molecule has 128 valence electrons. The van der Waals surface area contributed by atoms with E-state index in [0.29, 0.717) is 25.9 Å². The molecule has 0 heterocycles. The Morgan fingerprint density at radius 1 is 1.14 bits per heavy atom. The molecule has 0 aliphatic carbocycles. The Kier molecular flexibility index (Phi) is 8.75. The van der Waals surface area contributed by atoms with Crippen molar-refractivity contribution in [2.45, 2.75) is 65.8 Å². The van der Waals surface area contributed by atoms with E-state index in [-0.39, 0.29) is 30.6 Å². The monoisotopic (exact) mass is 314 g/mol. The Morgan fingerprint density at radius 2 is 1.68 bits per heavy atom. The Hall–Kier alpha value is -1.59. The minimum absolute atomic E-state index is 0.00450. The standard InChI is InChI=1S/C16H30N2O4/c1-6-18(7-2)14(20)10-8-9-13(19)17-16(5,12(3)4)11-15(21)22/h12H,6-11H2,1-5H3,(H,17,19)(H,21,22). The van der Waals surface area contributed by atoms with Crippen molar-refractivity contribution in [2.75, 3.05) is 13.1 Å². The van der Waals surface area contributed by atoms with Crippen LogP contribution in [0.5, 0.6) is 0 Å². The SMILES string of the molecule is CCN(CC)C(=O)CCCC(=O)NC(C)(CC(=O)O)C(C)C. The van der Waals surface area contributed by atoms with Crippen LogP contribution in [0.1, 0.15) is 60.3 Å². The average Bonchev–Trinajstić information content (AvgIpc) is 2.38. The quantitative estimate of drug-likeness (QED) is 0.646. The lowest BCUT2D eigenvalue weighted by atomic mass is 9.85. The van der Waals surface area contributed by atoms with Gasteiger partial charge in [-0.25, -0.2) is 0 Å². The van der Waals surface area contributed by atoms with E-state index in [0.717, 1.165) is 0 Å². The van der Waals surface area contributed by atoms with E-state index in [1.807, 2.05) is 27.7 Å². The number of carbonyl (C=O) groups excluding carboxylic acids is 2. The third-order valence-corrected chi connectivity index (χ3v) is 4.13.